The van der Waals surface area contributed by atoms with E-state index in [1.54, 1.807) is 7.11 Å². The maximum Gasteiger partial charge on any atom is 0.252 e. The van der Waals surface area contributed by atoms with Gasteiger partial charge in [-0.1, -0.05) is 6.92 Å². The van der Waals surface area contributed by atoms with Crippen LogP contribution in [0, 0.1) is 0 Å². The average molecular weight is 253 g/mol. The van der Waals surface area contributed by atoms with Gasteiger partial charge in [-0.05, 0) is 0 Å². The molecule has 6 nitrogen and oxygen atoms in total. The second-order valence-electron chi connectivity index (χ2n) is 4.47. The first-order valence-electron chi connectivity index (χ1n) is 6.14. The Hall–Kier alpha value is -1.40. The summed E-state index contributed by atoms with van der Waals surface area (Å²) >= 11 is 0. The Kier molecular flexibility index (Phi) is 3.98. The standard InChI is InChI=1S/C12H19N3O3/c1-3-9-14-10(6-11(16)15-9)13-7-12(17-2)4-5-18-8-12/h6H,3-5,7-8H2,1-2H3,(H2,13,14,15,16). The lowest BCUT2D eigenvalue weighted by Gasteiger charge is -2.26. The molecule has 18 heavy (non-hydrogen) atoms. The van der Waals surface area contributed by atoms with E-state index in [1.165, 1.54) is 6.07 Å². The fourth-order valence-corrected chi connectivity index (χ4v) is 1.98. The smallest absolute Gasteiger partial charge is 0.252 e. The number of hydrogen-bond donors (Lipinski definition) is 2. The molecule has 0 aromatic carbocycles. The molecule has 0 aliphatic carbocycles. The number of ether oxygens (including phenoxy) is 2. The minimum Gasteiger partial charge on any atom is -0.378 e. The SMILES string of the molecule is CCc1nc(NCC2(OC)CCOC2)cc(=O)[nH]1. The summed E-state index contributed by atoms with van der Waals surface area (Å²) in [4.78, 5) is 18.4. The molecule has 1 unspecified atom stereocenters. The van der Waals surface area contributed by atoms with Gasteiger partial charge in [0.15, 0.2) is 0 Å². The van der Waals surface area contributed by atoms with E-state index in [0.29, 0.717) is 37.8 Å². The van der Waals surface area contributed by atoms with Crippen LogP contribution in [0.1, 0.15) is 19.2 Å². The lowest BCUT2D eigenvalue weighted by atomic mass is 10.0. The Morgan fingerprint density at radius 1 is 1.67 bits per heavy atom. The highest BCUT2D eigenvalue weighted by atomic mass is 16.5. The number of aromatic amines is 1. The van der Waals surface area contributed by atoms with Crippen LogP contribution >= 0.6 is 0 Å². The fraction of sp³-hybridized carbons (Fsp3) is 0.667. The number of rotatable bonds is 5. The van der Waals surface area contributed by atoms with Crippen molar-refractivity contribution in [1.82, 2.24) is 9.97 Å². The Morgan fingerprint density at radius 2 is 2.50 bits per heavy atom. The molecule has 2 N–H and O–H groups in total. The molecule has 2 heterocycles. The first-order chi connectivity index (χ1) is 8.67. The summed E-state index contributed by atoms with van der Waals surface area (Å²) < 4.78 is 10.9. The van der Waals surface area contributed by atoms with Gasteiger partial charge in [0, 0.05) is 39.2 Å². The van der Waals surface area contributed by atoms with Crippen LogP contribution in [-0.2, 0) is 15.9 Å². The highest BCUT2D eigenvalue weighted by Crippen LogP contribution is 2.22. The van der Waals surface area contributed by atoms with Crippen LogP contribution in [0.3, 0.4) is 0 Å². The normalized spacial score (nSPS) is 23.2. The number of methoxy groups -OCH3 is 1. The average Bonchev–Trinajstić information content (AvgIpc) is 2.85. The predicted octanol–water partition coefficient (Wildman–Crippen LogP) is 0.550. The number of aromatic nitrogens is 2. The summed E-state index contributed by atoms with van der Waals surface area (Å²) in [6.45, 7) is 3.81. The lowest BCUT2D eigenvalue weighted by molar-refractivity contribution is -0.00625. The molecule has 1 atom stereocenters. The van der Waals surface area contributed by atoms with E-state index in [9.17, 15) is 4.79 Å². The van der Waals surface area contributed by atoms with Crippen LogP contribution in [0.15, 0.2) is 10.9 Å². The molecule has 0 amide bonds. The number of H-pyrrole nitrogens is 1. The van der Waals surface area contributed by atoms with Crippen LogP contribution < -0.4 is 10.9 Å². The fourth-order valence-electron chi connectivity index (χ4n) is 1.98. The molecule has 0 spiro atoms. The van der Waals surface area contributed by atoms with Gasteiger partial charge in [-0.15, -0.1) is 0 Å². The third kappa shape index (κ3) is 2.88. The third-order valence-corrected chi connectivity index (χ3v) is 3.22. The van der Waals surface area contributed by atoms with Gasteiger partial charge in [-0.3, -0.25) is 4.79 Å². The predicted molar refractivity (Wildman–Crippen MR) is 67.9 cm³/mol. The number of nitrogens with one attached hydrogen (secondary N) is 2. The van der Waals surface area contributed by atoms with E-state index >= 15 is 0 Å². The van der Waals surface area contributed by atoms with Crippen LogP contribution in [0.5, 0.6) is 0 Å². The minimum absolute atomic E-state index is 0.140. The lowest BCUT2D eigenvalue weighted by Crippen LogP contribution is -2.40. The van der Waals surface area contributed by atoms with Crippen molar-refractivity contribution in [3.05, 3.63) is 22.2 Å². The molecule has 1 fully saturated rings. The maximum absolute atomic E-state index is 11.4. The molecule has 1 aromatic heterocycles. The number of anilines is 1. The van der Waals surface area contributed by atoms with Gasteiger partial charge in [0.05, 0.1) is 6.61 Å². The van der Waals surface area contributed by atoms with Crippen molar-refractivity contribution in [2.45, 2.75) is 25.4 Å². The topological polar surface area (TPSA) is 76.2 Å². The molecule has 2 rings (SSSR count). The Bertz CT molecular complexity index is 452. The van der Waals surface area contributed by atoms with E-state index in [-0.39, 0.29) is 11.2 Å². The molecule has 100 valence electrons. The second kappa shape index (κ2) is 5.49. The molecular weight excluding hydrogens is 234 g/mol. The van der Waals surface area contributed by atoms with Crippen LogP contribution in [-0.4, -0.2) is 42.4 Å². The van der Waals surface area contributed by atoms with Crippen molar-refractivity contribution in [3.8, 4) is 0 Å². The van der Waals surface area contributed by atoms with E-state index in [1.807, 2.05) is 6.92 Å². The minimum atomic E-state index is -0.309. The highest BCUT2D eigenvalue weighted by Gasteiger charge is 2.34. The zero-order valence-corrected chi connectivity index (χ0v) is 10.8. The van der Waals surface area contributed by atoms with E-state index in [0.717, 1.165) is 6.42 Å². The third-order valence-electron chi connectivity index (χ3n) is 3.22. The van der Waals surface area contributed by atoms with Gasteiger partial charge >= 0.3 is 0 Å². The first kappa shape index (κ1) is 13.0. The highest BCUT2D eigenvalue weighted by molar-refractivity contribution is 5.33. The molecule has 1 aliphatic heterocycles. The molecule has 6 heteroatoms. The summed E-state index contributed by atoms with van der Waals surface area (Å²) in [7, 11) is 1.68. The zero-order valence-electron chi connectivity index (χ0n) is 10.8. The Morgan fingerprint density at radius 3 is 3.11 bits per heavy atom. The van der Waals surface area contributed by atoms with Crippen molar-refractivity contribution in [3.63, 3.8) is 0 Å². The van der Waals surface area contributed by atoms with E-state index in [2.05, 4.69) is 15.3 Å². The summed E-state index contributed by atoms with van der Waals surface area (Å²) in [6.07, 6.45) is 1.55. The van der Waals surface area contributed by atoms with Crippen molar-refractivity contribution in [1.29, 1.82) is 0 Å². The van der Waals surface area contributed by atoms with Gasteiger partial charge in [0.25, 0.3) is 5.56 Å². The Labute approximate surface area is 106 Å². The molecule has 1 aromatic rings. The quantitative estimate of drug-likeness (QED) is 0.801. The second-order valence-corrected chi connectivity index (χ2v) is 4.47. The van der Waals surface area contributed by atoms with Crippen LogP contribution in [0.25, 0.3) is 0 Å². The van der Waals surface area contributed by atoms with Crippen molar-refractivity contribution in [2.75, 3.05) is 32.2 Å². The van der Waals surface area contributed by atoms with Gasteiger partial charge in [0.2, 0.25) is 0 Å². The van der Waals surface area contributed by atoms with Crippen molar-refractivity contribution >= 4 is 5.82 Å². The molecule has 0 saturated carbocycles. The van der Waals surface area contributed by atoms with Gasteiger partial charge in [-0.2, -0.15) is 0 Å². The Balaban J connectivity index is 2.05. The zero-order chi connectivity index (χ0) is 13.0. The maximum atomic E-state index is 11.4. The van der Waals surface area contributed by atoms with Crippen LogP contribution in [0.4, 0.5) is 5.82 Å². The van der Waals surface area contributed by atoms with Crippen LogP contribution in [0.2, 0.25) is 0 Å². The van der Waals surface area contributed by atoms with Crippen molar-refractivity contribution < 1.29 is 9.47 Å². The van der Waals surface area contributed by atoms with Gasteiger partial charge in [-0.25, -0.2) is 4.98 Å². The summed E-state index contributed by atoms with van der Waals surface area (Å²) in [5.41, 5.74) is -0.449. The van der Waals surface area contributed by atoms with Gasteiger partial charge in [0.1, 0.15) is 17.2 Å². The van der Waals surface area contributed by atoms with Crippen molar-refractivity contribution in [2.24, 2.45) is 0 Å². The van der Waals surface area contributed by atoms with E-state index < -0.39 is 0 Å². The van der Waals surface area contributed by atoms with Gasteiger partial charge < -0.3 is 19.8 Å². The number of hydrogen-bond acceptors (Lipinski definition) is 5. The summed E-state index contributed by atoms with van der Waals surface area (Å²) in [5.74, 6) is 1.26. The molecular formula is C12H19N3O3. The first-order valence-corrected chi connectivity index (χ1v) is 6.14. The molecule has 0 radical (unpaired) electrons. The molecule has 1 saturated heterocycles. The number of aryl methyl sites for hydroxylation is 1. The number of nitrogens with zero attached hydrogens (tertiary/aromatic N) is 1. The van der Waals surface area contributed by atoms with E-state index in [4.69, 9.17) is 9.47 Å². The summed E-state index contributed by atoms with van der Waals surface area (Å²) in [6, 6.07) is 1.46. The molecule has 1 aliphatic rings. The largest absolute Gasteiger partial charge is 0.378 e. The molecule has 0 bridgehead atoms. The monoisotopic (exact) mass is 253 g/mol. The summed E-state index contributed by atoms with van der Waals surface area (Å²) in [5, 5.41) is 3.16.